The largest absolute Gasteiger partial charge is 0.478 e. The van der Waals surface area contributed by atoms with Gasteiger partial charge in [-0.2, -0.15) is 13.2 Å². The molecule has 1 aromatic carbocycles. The number of rotatable bonds is 2. The van der Waals surface area contributed by atoms with Gasteiger partial charge in [-0.3, -0.25) is 0 Å². The quantitative estimate of drug-likeness (QED) is 0.919. The van der Waals surface area contributed by atoms with Gasteiger partial charge in [-0.1, -0.05) is 12.1 Å². The van der Waals surface area contributed by atoms with Crippen LogP contribution in [0.4, 0.5) is 13.2 Å². The number of halogens is 3. The van der Waals surface area contributed by atoms with E-state index < -0.39 is 17.7 Å². The van der Waals surface area contributed by atoms with E-state index in [1.54, 1.807) is 0 Å². The minimum absolute atomic E-state index is 0.0543. The van der Waals surface area contributed by atoms with Crippen LogP contribution >= 0.6 is 0 Å². The average Bonchev–Trinajstić information content (AvgIpc) is 2.37. The molecule has 0 radical (unpaired) electrons. The van der Waals surface area contributed by atoms with Crippen molar-refractivity contribution in [2.75, 3.05) is 0 Å². The van der Waals surface area contributed by atoms with Gasteiger partial charge in [0.05, 0.1) is 16.8 Å². The van der Waals surface area contributed by atoms with E-state index in [-0.39, 0.29) is 22.6 Å². The molecule has 0 aliphatic heterocycles. The Hall–Kier alpha value is -2.44. The summed E-state index contributed by atoms with van der Waals surface area (Å²) in [6, 6.07) is 4.56. The number of hydrogen-bond donors (Lipinski definition) is 1. The third-order valence-corrected chi connectivity index (χ3v) is 2.66. The molecule has 0 atom stereocenters. The normalized spacial score (nSPS) is 11.4. The highest BCUT2D eigenvalue weighted by Gasteiger charge is 2.30. The van der Waals surface area contributed by atoms with E-state index in [2.05, 4.69) is 9.97 Å². The number of aromatic nitrogens is 2. The zero-order valence-electron chi connectivity index (χ0n) is 10.3. The molecule has 0 aliphatic rings. The zero-order valence-corrected chi connectivity index (χ0v) is 10.3. The first kappa shape index (κ1) is 14.0. The lowest BCUT2D eigenvalue weighted by Crippen LogP contribution is -2.06. The Morgan fingerprint density at radius 3 is 2.55 bits per heavy atom. The number of aromatic carboxylic acids is 1. The number of nitrogens with zero attached hydrogens (tertiary/aromatic N) is 2. The molecule has 1 heterocycles. The van der Waals surface area contributed by atoms with E-state index in [1.165, 1.54) is 19.1 Å². The monoisotopic (exact) mass is 282 g/mol. The van der Waals surface area contributed by atoms with Gasteiger partial charge in [0.1, 0.15) is 0 Å². The highest BCUT2D eigenvalue weighted by Crippen LogP contribution is 2.31. The lowest BCUT2D eigenvalue weighted by molar-refractivity contribution is -0.137. The third kappa shape index (κ3) is 2.76. The topological polar surface area (TPSA) is 63.1 Å². The maximum atomic E-state index is 12.6. The van der Waals surface area contributed by atoms with Crippen molar-refractivity contribution in [1.29, 1.82) is 0 Å². The smallest absolute Gasteiger partial charge is 0.416 e. The van der Waals surface area contributed by atoms with Crippen molar-refractivity contribution >= 4 is 5.97 Å². The van der Waals surface area contributed by atoms with Gasteiger partial charge >= 0.3 is 12.1 Å². The van der Waals surface area contributed by atoms with E-state index in [1.807, 2.05) is 0 Å². The van der Waals surface area contributed by atoms with Gasteiger partial charge in [0, 0.05) is 11.8 Å². The molecule has 4 nitrogen and oxygen atoms in total. The first-order chi connectivity index (χ1) is 9.29. The van der Waals surface area contributed by atoms with Crippen LogP contribution in [0.2, 0.25) is 0 Å². The lowest BCUT2D eigenvalue weighted by Gasteiger charge is -2.08. The number of aryl methyl sites for hydroxylation is 1. The molecule has 0 aliphatic carbocycles. The standard InChI is InChI=1S/C13H9F3N2O2/c1-7-10(12(19)20)6-17-11(18-7)8-3-2-4-9(5-8)13(14,15)16/h2-6H,1H3,(H,19,20). The van der Waals surface area contributed by atoms with E-state index in [9.17, 15) is 18.0 Å². The molecule has 2 aromatic rings. The molecule has 0 fully saturated rings. The van der Waals surface area contributed by atoms with E-state index in [0.29, 0.717) is 0 Å². The second-order valence-corrected chi connectivity index (χ2v) is 4.08. The third-order valence-electron chi connectivity index (χ3n) is 2.66. The highest BCUT2D eigenvalue weighted by atomic mass is 19.4. The molecule has 2 rings (SSSR count). The summed E-state index contributed by atoms with van der Waals surface area (Å²) in [7, 11) is 0. The molecule has 104 valence electrons. The Kier molecular flexibility index (Phi) is 3.44. The number of benzene rings is 1. The summed E-state index contributed by atoms with van der Waals surface area (Å²) in [4.78, 5) is 18.5. The van der Waals surface area contributed by atoms with Crippen LogP contribution in [0, 0.1) is 6.92 Å². The molecule has 0 amide bonds. The number of hydrogen-bond acceptors (Lipinski definition) is 3. The Morgan fingerprint density at radius 2 is 2.00 bits per heavy atom. The fraction of sp³-hybridized carbons (Fsp3) is 0.154. The van der Waals surface area contributed by atoms with Gasteiger partial charge in [-0.25, -0.2) is 14.8 Å². The average molecular weight is 282 g/mol. The van der Waals surface area contributed by atoms with Gasteiger partial charge in [0.2, 0.25) is 0 Å². The zero-order chi connectivity index (χ0) is 14.9. The Morgan fingerprint density at radius 1 is 1.30 bits per heavy atom. The van der Waals surface area contributed by atoms with Crippen LogP contribution in [0.15, 0.2) is 30.5 Å². The molecular formula is C13H9F3N2O2. The van der Waals surface area contributed by atoms with Crippen molar-refractivity contribution in [3.8, 4) is 11.4 Å². The molecule has 1 N–H and O–H groups in total. The summed E-state index contributed by atoms with van der Waals surface area (Å²) in [5.41, 5.74) is -0.515. The Balaban J connectivity index is 2.47. The van der Waals surface area contributed by atoms with Crippen molar-refractivity contribution in [2.45, 2.75) is 13.1 Å². The van der Waals surface area contributed by atoms with Crippen LogP contribution in [0.1, 0.15) is 21.6 Å². The maximum Gasteiger partial charge on any atom is 0.416 e. The van der Waals surface area contributed by atoms with Gasteiger partial charge in [0.15, 0.2) is 5.82 Å². The first-order valence-electron chi connectivity index (χ1n) is 5.53. The molecule has 0 saturated carbocycles. The minimum Gasteiger partial charge on any atom is -0.478 e. The lowest BCUT2D eigenvalue weighted by atomic mass is 10.1. The summed E-state index contributed by atoms with van der Waals surface area (Å²) in [5, 5.41) is 8.85. The van der Waals surface area contributed by atoms with Gasteiger partial charge in [-0.05, 0) is 19.1 Å². The molecule has 0 unspecified atom stereocenters. The SMILES string of the molecule is Cc1nc(-c2cccc(C(F)(F)F)c2)ncc1C(=O)O. The van der Waals surface area contributed by atoms with Crippen molar-refractivity contribution in [1.82, 2.24) is 9.97 Å². The second-order valence-electron chi connectivity index (χ2n) is 4.08. The van der Waals surface area contributed by atoms with Crippen LogP contribution in [0.5, 0.6) is 0 Å². The number of carboxylic acid groups (broad SMARTS) is 1. The molecule has 0 saturated heterocycles. The summed E-state index contributed by atoms with van der Waals surface area (Å²) in [6.07, 6.45) is -3.37. The highest BCUT2D eigenvalue weighted by molar-refractivity contribution is 5.88. The van der Waals surface area contributed by atoms with E-state index in [4.69, 9.17) is 5.11 Å². The summed E-state index contributed by atoms with van der Waals surface area (Å²) < 4.78 is 37.8. The van der Waals surface area contributed by atoms with Crippen LogP contribution in [0.3, 0.4) is 0 Å². The summed E-state index contributed by atoms with van der Waals surface area (Å²) in [6.45, 7) is 1.46. The van der Waals surface area contributed by atoms with Gasteiger partial charge in [0.25, 0.3) is 0 Å². The summed E-state index contributed by atoms with van der Waals surface area (Å²) >= 11 is 0. The molecular weight excluding hydrogens is 273 g/mol. The molecule has 0 spiro atoms. The molecule has 7 heteroatoms. The Labute approximate surface area is 111 Å². The number of carboxylic acids is 1. The summed E-state index contributed by atoms with van der Waals surface area (Å²) in [5.74, 6) is -1.13. The first-order valence-corrected chi connectivity index (χ1v) is 5.53. The molecule has 1 aromatic heterocycles. The van der Waals surface area contributed by atoms with Crippen molar-refractivity contribution < 1.29 is 23.1 Å². The number of alkyl halides is 3. The van der Waals surface area contributed by atoms with Crippen LogP contribution in [-0.2, 0) is 6.18 Å². The van der Waals surface area contributed by atoms with Crippen molar-refractivity contribution in [3.63, 3.8) is 0 Å². The predicted molar refractivity (Wildman–Crippen MR) is 64.2 cm³/mol. The van der Waals surface area contributed by atoms with Crippen molar-refractivity contribution in [2.24, 2.45) is 0 Å². The molecule has 20 heavy (non-hydrogen) atoms. The van der Waals surface area contributed by atoms with Gasteiger partial charge < -0.3 is 5.11 Å². The molecule has 0 bridgehead atoms. The fourth-order valence-electron chi connectivity index (χ4n) is 1.65. The van der Waals surface area contributed by atoms with E-state index in [0.717, 1.165) is 18.3 Å². The fourth-order valence-corrected chi connectivity index (χ4v) is 1.65. The number of carbonyl (C=O) groups is 1. The Bertz CT molecular complexity index is 669. The van der Waals surface area contributed by atoms with Crippen molar-refractivity contribution in [3.05, 3.63) is 47.3 Å². The van der Waals surface area contributed by atoms with Crippen LogP contribution < -0.4 is 0 Å². The van der Waals surface area contributed by atoms with Crippen LogP contribution in [-0.4, -0.2) is 21.0 Å². The maximum absolute atomic E-state index is 12.6. The van der Waals surface area contributed by atoms with E-state index >= 15 is 0 Å². The van der Waals surface area contributed by atoms with Gasteiger partial charge in [-0.15, -0.1) is 0 Å². The second kappa shape index (κ2) is 4.92. The van der Waals surface area contributed by atoms with Crippen LogP contribution in [0.25, 0.3) is 11.4 Å². The minimum atomic E-state index is -4.45. The predicted octanol–water partition coefficient (Wildman–Crippen LogP) is 3.17.